The standard InChI is InChI=1S/C18H28O10/c19-15-9-16(20)13-27-7-3-24-4-8-28-14-18(22)10-17(21)12-26-6-2-23-1-5-25-11-15/h9-10,19,21H,1-8,11-14H2. The lowest BCUT2D eigenvalue weighted by Gasteiger charge is -2.07. The molecule has 0 aromatic heterocycles. The Bertz CT molecular complexity index is 470. The van der Waals surface area contributed by atoms with Crippen molar-refractivity contribution >= 4 is 11.6 Å². The highest BCUT2D eigenvalue weighted by atomic mass is 16.6. The van der Waals surface area contributed by atoms with E-state index in [0.717, 1.165) is 12.2 Å². The molecule has 0 atom stereocenters. The van der Waals surface area contributed by atoms with Crippen molar-refractivity contribution in [2.24, 2.45) is 0 Å². The van der Waals surface area contributed by atoms with E-state index in [1.54, 1.807) is 0 Å². The first-order valence-corrected chi connectivity index (χ1v) is 8.89. The van der Waals surface area contributed by atoms with Crippen LogP contribution in [0.25, 0.3) is 0 Å². The molecule has 160 valence electrons. The molecule has 0 bridgehead atoms. The molecule has 0 aromatic rings. The number of hydrogen-bond donors (Lipinski definition) is 2. The molecule has 2 N–H and O–H groups in total. The summed E-state index contributed by atoms with van der Waals surface area (Å²) in [7, 11) is 0. The number of carbonyl (C=O) groups excluding carboxylic acids is 2. The maximum atomic E-state index is 11.6. The zero-order chi connectivity index (χ0) is 20.5. The Kier molecular flexibility index (Phi) is 14.0. The van der Waals surface area contributed by atoms with Gasteiger partial charge >= 0.3 is 0 Å². The van der Waals surface area contributed by atoms with Crippen LogP contribution in [0.4, 0.5) is 0 Å². The van der Waals surface area contributed by atoms with Crippen molar-refractivity contribution in [3.63, 3.8) is 0 Å². The van der Waals surface area contributed by atoms with Crippen molar-refractivity contribution < 1.29 is 48.2 Å². The molecule has 0 unspecified atom stereocenters. The van der Waals surface area contributed by atoms with E-state index in [0.29, 0.717) is 0 Å². The fourth-order valence-electron chi connectivity index (χ4n) is 1.91. The summed E-state index contributed by atoms with van der Waals surface area (Å²) in [5.74, 6) is -1.17. The molecule has 0 radical (unpaired) electrons. The molecule has 1 rings (SSSR count). The Morgan fingerprint density at radius 1 is 0.500 bits per heavy atom. The summed E-state index contributed by atoms with van der Waals surface area (Å²) in [6.45, 7) is 1.30. The van der Waals surface area contributed by atoms with Crippen LogP contribution in [0, 0.1) is 0 Å². The topological polar surface area (TPSA) is 130 Å². The third-order valence-electron chi connectivity index (χ3n) is 3.13. The number of ketones is 2. The maximum Gasteiger partial charge on any atom is 0.184 e. The highest BCUT2D eigenvalue weighted by Gasteiger charge is 2.04. The van der Waals surface area contributed by atoms with E-state index < -0.39 is 0 Å². The van der Waals surface area contributed by atoms with Crippen molar-refractivity contribution in [1.29, 1.82) is 0 Å². The van der Waals surface area contributed by atoms with Crippen molar-refractivity contribution in [3.8, 4) is 0 Å². The van der Waals surface area contributed by atoms with E-state index in [2.05, 4.69) is 0 Å². The maximum absolute atomic E-state index is 11.6. The van der Waals surface area contributed by atoms with Gasteiger partial charge in [0.1, 0.15) is 37.9 Å². The van der Waals surface area contributed by atoms with Crippen LogP contribution in [-0.4, -0.2) is 101 Å². The SMILES string of the molecule is O=C1C=C(O)COCCOCCOCC(O)=CC(=O)COCCOCCOC1. The first-order chi connectivity index (χ1) is 13.6. The fraction of sp³-hybridized carbons (Fsp3) is 0.667. The van der Waals surface area contributed by atoms with E-state index >= 15 is 0 Å². The van der Waals surface area contributed by atoms with Crippen LogP contribution < -0.4 is 0 Å². The molecule has 1 heterocycles. The number of carbonyl (C=O) groups is 2. The first-order valence-electron chi connectivity index (χ1n) is 8.89. The summed E-state index contributed by atoms with van der Waals surface area (Å²) in [4.78, 5) is 23.2. The normalized spacial score (nSPS) is 22.0. The van der Waals surface area contributed by atoms with Crippen LogP contribution >= 0.6 is 0 Å². The first kappa shape index (κ1) is 24.2. The second-order valence-electron chi connectivity index (χ2n) is 5.64. The summed E-state index contributed by atoms with van der Waals surface area (Å²) in [5, 5.41) is 19.2. The van der Waals surface area contributed by atoms with Gasteiger partial charge in [0.05, 0.1) is 52.9 Å². The third kappa shape index (κ3) is 14.3. The van der Waals surface area contributed by atoms with Gasteiger partial charge in [-0.3, -0.25) is 9.59 Å². The Hall–Kier alpha value is -1.82. The average molecular weight is 404 g/mol. The summed E-state index contributed by atoms with van der Waals surface area (Å²) in [6.07, 6.45) is 2.11. The Labute approximate surface area is 163 Å². The molecule has 28 heavy (non-hydrogen) atoms. The zero-order valence-corrected chi connectivity index (χ0v) is 15.8. The lowest BCUT2D eigenvalue weighted by atomic mass is 10.3. The van der Waals surface area contributed by atoms with Gasteiger partial charge in [-0.15, -0.1) is 0 Å². The van der Waals surface area contributed by atoms with Crippen LogP contribution in [0.1, 0.15) is 0 Å². The molecule has 0 aromatic carbocycles. The minimum absolute atomic E-state index is 0.110. The minimum atomic E-state index is -0.387. The highest BCUT2D eigenvalue weighted by Crippen LogP contribution is 1.95. The second-order valence-corrected chi connectivity index (χ2v) is 5.64. The van der Waals surface area contributed by atoms with Gasteiger partial charge in [-0.2, -0.15) is 0 Å². The smallest absolute Gasteiger partial charge is 0.184 e. The molecule has 0 amide bonds. The molecule has 1 aliphatic heterocycles. The van der Waals surface area contributed by atoms with Crippen molar-refractivity contribution in [1.82, 2.24) is 0 Å². The molecule has 10 nitrogen and oxygen atoms in total. The van der Waals surface area contributed by atoms with E-state index in [-0.39, 0.29) is 102 Å². The van der Waals surface area contributed by atoms with Crippen molar-refractivity contribution in [3.05, 3.63) is 23.7 Å². The number of ether oxygens (including phenoxy) is 6. The summed E-state index contributed by atoms with van der Waals surface area (Å²) in [6, 6.07) is 0. The number of aliphatic hydroxyl groups is 2. The van der Waals surface area contributed by atoms with Gasteiger partial charge in [-0.1, -0.05) is 0 Å². The van der Waals surface area contributed by atoms with Gasteiger partial charge in [0.25, 0.3) is 0 Å². The van der Waals surface area contributed by atoms with E-state index in [9.17, 15) is 19.8 Å². The zero-order valence-electron chi connectivity index (χ0n) is 15.8. The number of hydrogen-bond acceptors (Lipinski definition) is 10. The predicted octanol–water partition coefficient (Wildman–Crippen LogP) is 0.122. The van der Waals surface area contributed by atoms with E-state index in [1.807, 2.05) is 0 Å². The van der Waals surface area contributed by atoms with Crippen LogP contribution in [0.3, 0.4) is 0 Å². The monoisotopic (exact) mass is 404 g/mol. The van der Waals surface area contributed by atoms with Gasteiger partial charge in [0.2, 0.25) is 0 Å². The second kappa shape index (κ2) is 16.2. The Morgan fingerprint density at radius 2 is 0.786 bits per heavy atom. The molecule has 0 aliphatic carbocycles. The largest absolute Gasteiger partial charge is 0.510 e. The Balaban J connectivity index is 2.37. The minimum Gasteiger partial charge on any atom is -0.510 e. The summed E-state index contributed by atoms with van der Waals surface area (Å²) < 4.78 is 31.1. The van der Waals surface area contributed by atoms with Gasteiger partial charge < -0.3 is 38.6 Å². The Morgan fingerprint density at radius 3 is 1.14 bits per heavy atom. The molecule has 0 fully saturated rings. The quantitative estimate of drug-likeness (QED) is 0.574. The van der Waals surface area contributed by atoms with Gasteiger partial charge in [-0.25, -0.2) is 0 Å². The van der Waals surface area contributed by atoms with Crippen molar-refractivity contribution in [2.45, 2.75) is 0 Å². The van der Waals surface area contributed by atoms with Gasteiger partial charge in [0.15, 0.2) is 11.6 Å². The lowest BCUT2D eigenvalue weighted by Crippen LogP contribution is -2.15. The molecule has 0 saturated carbocycles. The number of aliphatic hydroxyl groups excluding tert-OH is 2. The molecular weight excluding hydrogens is 376 g/mol. The molecule has 0 spiro atoms. The van der Waals surface area contributed by atoms with Crippen molar-refractivity contribution in [2.75, 3.05) is 79.3 Å². The lowest BCUT2D eigenvalue weighted by molar-refractivity contribution is -0.119. The highest BCUT2D eigenvalue weighted by molar-refractivity contribution is 5.91. The van der Waals surface area contributed by atoms with E-state index in [1.165, 1.54) is 0 Å². The molecular formula is C18H28O10. The van der Waals surface area contributed by atoms with Gasteiger partial charge in [-0.05, 0) is 0 Å². The predicted molar refractivity (Wildman–Crippen MR) is 96.4 cm³/mol. The third-order valence-corrected chi connectivity index (χ3v) is 3.13. The molecule has 10 heteroatoms. The average Bonchev–Trinajstić information content (AvgIpc) is 2.64. The summed E-state index contributed by atoms with van der Waals surface area (Å²) in [5.41, 5.74) is 0. The van der Waals surface area contributed by atoms with Crippen LogP contribution in [0.2, 0.25) is 0 Å². The van der Waals surface area contributed by atoms with E-state index in [4.69, 9.17) is 28.4 Å². The van der Waals surface area contributed by atoms with Crippen LogP contribution in [-0.2, 0) is 38.0 Å². The summed E-state index contributed by atoms with van der Waals surface area (Å²) >= 11 is 0. The number of rotatable bonds is 0. The van der Waals surface area contributed by atoms with Crippen LogP contribution in [0.5, 0.6) is 0 Å². The van der Waals surface area contributed by atoms with Gasteiger partial charge in [0, 0.05) is 12.2 Å². The molecule has 1 aliphatic rings. The fourth-order valence-corrected chi connectivity index (χ4v) is 1.91. The molecule has 0 saturated heterocycles. The van der Waals surface area contributed by atoms with Crippen LogP contribution in [0.15, 0.2) is 23.7 Å².